The SMILES string of the molecule is CC(C)OC(=O)N1C[C@H](c2ccc(F)cc2)N(C(=O)C(=O)Nc2cnc(N)c(C3CC3)c2)C[C@H]1C. The Morgan fingerprint density at radius 1 is 1.14 bits per heavy atom. The molecule has 2 aromatic rings. The van der Waals surface area contributed by atoms with Gasteiger partial charge in [-0.1, -0.05) is 12.1 Å². The Bertz CT molecular complexity index is 1120. The van der Waals surface area contributed by atoms with Crippen LogP contribution in [0.4, 0.5) is 20.7 Å². The van der Waals surface area contributed by atoms with Crippen molar-refractivity contribution in [2.75, 3.05) is 24.1 Å². The average Bonchev–Trinajstić information content (AvgIpc) is 3.65. The van der Waals surface area contributed by atoms with Crippen molar-refractivity contribution in [3.8, 4) is 0 Å². The number of benzene rings is 1. The lowest BCUT2D eigenvalue weighted by Crippen LogP contribution is -2.58. The number of nitrogens with two attached hydrogens (primary N) is 1. The first-order chi connectivity index (χ1) is 16.6. The molecular formula is C25H30FN5O4. The highest BCUT2D eigenvalue weighted by molar-refractivity contribution is 6.39. The van der Waals surface area contributed by atoms with Gasteiger partial charge in [0.05, 0.1) is 24.0 Å². The van der Waals surface area contributed by atoms with Crippen molar-refractivity contribution in [2.24, 2.45) is 0 Å². The van der Waals surface area contributed by atoms with E-state index in [1.807, 2.05) is 0 Å². The summed E-state index contributed by atoms with van der Waals surface area (Å²) in [4.78, 5) is 46.0. The number of piperazine rings is 1. The molecule has 35 heavy (non-hydrogen) atoms. The van der Waals surface area contributed by atoms with Gasteiger partial charge in [-0.3, -0.25) is 9.59 Å². The molecule has 10 heteroatoms. The zero-order valence-corrected chi connectivity index (χ0v) is 20.0. The number of nitrogen functional groups attached to an aromatic ring is 1. The number of nitrogens with one attached hydrogen (secondary N) is 1. The number of hydrogen-bond acceptors (Lipinski definition) is 6. The van der Waals surface area contributed by atoms with Crippen LogP contribution in [-0.2, 0) is 14.3 Å². The molecule has 1 aliphatic carbocycles. The normalized spacial score (nSPS) is 20.0. The molecule has 186 valence electrons. The molecule has 0 unspecified atom stereocenters. The van der Waals surface area contributed by atoms with E-state index in [2.05, 4.69) is 10.3 Å². The van der Waals surface area contributed by atoms with E-state index in [0.717, 1.165) is 18.4 Å². The molecule has 0 spiro atoms. The van der Waals surface area contributed by atoms with Crippen molar-refractivity contribution in [1.29, 1.82) is 0 Å². The first kappa shape index (κ1) is 24.4. The van der Waals surface area contributed by atoms with Crippen LogP contribution in [0.1, 0.15) is 56.7 Å². The molecule has 1 aromatic carbocycles. The Labute approximate surface area is 203 Å². The first-order valence-electron chi connectivity index (χ1n) is 11.7. The second-order valence-electron chi connectivity index (χ2n) is 9.39. The zero-order valence-electron chi connectivity index (χ0n) is 20.0. The standard InChI is InChI=1S/C25H30FN5O4/c1-14(2)35-25(34)30-13-21(17-6-8-18(26)9-7-17)31(12-15(30)3)24(33)23(32)29-19-10-20(16-4-5-16)22(27)28-11-19/h6-11,14-16,21H,4-5,12-13H2,1-3H3,(H2,27,28)(H,29,32)/t15-,21-/m1/s1. The summed E-state index contributed by atoms with van der Waals surface area (Å²) >= 11 is 0. The van der Waals surface area contributed by atoms with Crippen LogP contribution in [0, 0.1) is 5.82 Å². The second kappa shape index (κ2) is 9.89. The first-order valence-corrected chi connectivity index (χ1v) is 11.7. The predicted octanol–water partition coefficient (Wildman–Crippen LogP) is 3.44. The van der Waals surface area contributed by atoms with Gasteiger partial charge in [0, 0.05) is 19.1 Å². The maximum atomic E-state index is 13.6. The highest BCUT2D eigenvalue weighted by Gasteiger charge is 2.40. The van der Waals surface area contributed by atoms with E-state index in [1.54, 1.807) is 39.0 Å². The Morgan fingerprint density at radius 3 is 2.46 bits per heavy atom. The molecule has 3 amide bonds. The quantitative estimate of drug-likeness (QED) is 0.644. The van der Waals surface area contributed by atoms with Gasteiger partial charge in [-0.2, -0.15) is 0 Å². The number of amides is 3. The average molecular weight is 484 g/mol. The number of carbonyl (C=O) groups is 3. The highest BCUT2D eigenvalue weighted by Crippen LogP contribution is 2.42. The van der Waals surface area contributed by atoms with Crippen LogP contribution >= 0.6 is 0 Å². The lowest BCUT2D eigenvalue weighted by atomic mass is 9.99. The molecule has 2 heterocycles. The molecule has 1 aliphatic heterocycles. The summed E-state index contributed by atoms with van der Waals surface area (Å²) in [7, 11) is 0. The number of halogens is 1. The largest absolute Gasteiger partial charge is 0.447 e. The number of pyridine rings is 1. The predicted molar refractivity (Wildman–Crippen MR) is 128 cm³/mol. The number of carbonyl (C=O) groups excluding carboxylic acids is 3. The van der Waals surface area contributed by atoms with Gasteiger partial charge in [-0.15, -0.1) is 0 Å². The minimum atomic E-state index is -0.823. The third-order valence-electron chi connectivity index (χ3n) is 6.24. The summed E-state index contributed by atoms with van der Waals surface area (Å²) in [6.07, 6.45) is 2.65. The van der Waals surface area contributed by atoms with Gasteiger partial charge in [-0.25, -0.2) is 14.2 Å². The van der Waals surface area contributed by atoms with E-state index in [-0.39, 0.29) is 19.2 Å². The van der Waals surface area contributed by atoms with Crippen LogP contribution in [-0.4, -0.2) is 57.9 Å². The smallest absolute Gasteiger partial charge is 0.410 e. The minimum Gasteiger partial charge on any atom is -0.447 e. The number of aromatic nitrogens is 1. The molecule has 1 saturated heterocycles. The summed E-state index contributed by atoms with van der Waals surface area (Å²) < 4.78 is 18.9. The fourth-order valence-electron chi connectivity index (χ4n) is 4.29. The molecule has 2 fully saturated rings. The molecule has 4 rings (SSSR count). The van der Waals surface area contributed by atoms with Gasteiger partial charge in [0.2, 0.25) is 0 Å². The van der Waals surface area contributed by atoms with Gasteiger partial charge in [0.25, 0.3) is 0 Å². The van der Waals surface area contributed by atoms with Crippen LogP contribution in [0.2, 0.25) is 0 Å². The summed E-state index contributed by atoms with van der Waals surface area (Å²) in [5.74, 6) is -1.25. The maximum absolute atomic E-state index is 13.6. The Balaban J connectivity index is 1.56. The van der Waals surface area contributed by atoms with E-state index in [1.165, 1.54) is 28.1 Å². The maximum Gasteiger partial charge on any atom is 0.410 e. The van der Waals surface area contributed by atoms with Crippen LogP contribution < -0.4 is 11.1 Å². The van der Waals surface area contributed by atoms with Crippen molar-refractivity contribution in [3.63, 3.8) is 0 Å². The number of anilines is 2. The van der Waals surface area contributed by atoms with E-state index < -0.39 is 35.8 Å². The Morgan fingerprint density at radius 2 is 1.83 bits per heavy atom. The molecule has 0 radical (unpaired) electrons. The second-order valence-corrected chi connectivity index (χ2v) is 9.39. The fraction of sp³-hybridized carbons (Fsp3) is 0.440. The fourth-order valence-corrected chi connectivity index (χ4v) is 4.29. The molecule has 0 bridgehead atoms. The van der Waals surface area contributed by atoms with Gasteiger partial charge in [0.15, 0.2) is 0 Å². The number of ether oxygens (including phenoxy) is 1. The van der Waals surface area contributed by atoms with Gasteiger partial charge < -0.3 is 25.6 Å². The molecule has 3 N–H and O–H groups in total. The summed E-state index contributed by atoms with van der Waals surface area (Å²) in [5.41, 5.74) is 7.81. The third-order valence-corrected chi connectivity index (χ3v) is 6.24. The Hall–Kier alpha value is -3.69. The molecule has 2 atom stereocenters. The lowest BCUT2D eigenvalue weighted by molar-refractivity contribution is -0.147. The third kappa shape index (κ3) is 5.52. The topological polar surface area (TPSA) is 118 Å². The summed E-state index contributed by atoms with van der Waals surface area (Å²) in [6, 6.07) is 6.37. The van der Waals surface area contributed by atoms with Crippen molar-refractivity contribution >= 4 is 29.4 Å². The van der Waals surface area contributed by atoms with E-state index in [9.17, 15) is 18.8 Å². The molecule has 1 saturated carbocycles. The minimum absolute atomic E-state index is 0.104. The number of nitrogens with zero attached hydrogens (tertiary/aromatic N) is 3. The molecular weight excluding hydrogens is 453 g/mol. The van der Waals surface area contributed by atoms with Crippen molar-refractivity contribution in [3.05, 3.63) is 53.5 Å². The van der Waals surface area contributed by atoms with Gasteiger partial charge in [0.1, 0.15) is 11.6 Å². The highest BCUT2D eigenvalue weighted by atomic mass is 19.1. The van der Waals surface area contributed by atoms with Crippen LogP contribution in [0.15, 0.2) is 36.5 Å². The molecule has 2 aliphatic rings. The number of hydrogen-bond donors (Lipinski definition) is 2. The van der Waals surface area contributed by atoms with Crippen LogP contribution in [0.25, 0.3) is 0 Å². The van der Waals surface area contributed by atoms with Crippen LogP contribution in [0.3, 0.4) is 0 Å². The van der Waals surface area contributed by atoms with Gasteiger partial charge >= 0.3 is 17.9 Å². The number of rotatable bonds is 4. The molecule has 9 nitrogen and oxygen atoms in total. The van der Waals surface area contributed by atoms with Crippen LogP contribution in [0.5, 0.6) is 0 Å². The van der Waals surface area contributed by atoms with Gasteiger partial charge in [-0.05, 0) is 68.9 Å². The van der Waals surface area contributed by atoms with Crippen molar-refractivity contribution in [2.45, 2.75) is 57.7 Å². The zero-order chi connectivity index (χ0) is 25.3. The summed E-state index contributed by atoms with van der Waals surface area (Å²) in [5, 5.41) is 2.63. The monoisotopic (exact) mass is 483 g/mol. The van der Waals surface area contributed by atoms with E-state index in [4.69, 9.17) is 10.5 Å². The van der Waals surface area contributed by atoms with Crippen molar-refractivity contribution < 1.29 is 23.5 Å². The molecule has 1 aromatic heterocycles. The Kier molecular flexibility index (Phi) is 6.90. The lowest BCUT2D eigenvalue weighted by Gasteiger charge is -2.44. The summed E-state index contributed by atoms with van der Waals surface area (Å²) in [6.45, 7) is 5.50. The van der Waals surface area contributed by atoms with Crippen molar-refractivity contribution in [1.82, 2.24) is 14.8 Å². The van der Waals surface area contributed by atoms with E-state index >= 15 is 0 Å². The van der Waals surface area contributed by atoms with E-state index in [0.29, 0.717) is 23.0 Å².